The van der Waals surface area contributed by atoms with Gasteiger partial charge in [-0.15, -0.1) is 0 Å². The first-order valence-electron chi connectivity index (χ1n) is 4.03. The van der Waals surface area contributed by atoms with E-state index in [2.05, 4.69) is 15.7 Å². The van der Waals surface area contributed by atoms with Crippen LogP contribution in [0, 0.1) is 0 Å². The van der Waals surface area contributed by atoms with Crippen LogP contribution in [-0.2, 0) is 0 Å². The van der Waals surface area contributed by atoms with Gasteiger partial charge in [-0.1, -0.05) is 17.9 Å². The van der Waals surface area contributed by atoms with E-state index in [4.69, 9.17) is 0 Å². The van der Waals surface area contributed by atoms with Gasteiger partial charge in [-0.3, -0.25) is 4.98 Å². The molecule has 2 rings (SSSR count). The van der Waals surface area contributed by atoms with Gasteiger partial charge >= 0.3 is 0 Å². The smallest absolute Gasteiger partial charge is 0.105 e. The molecule has 0 aromatic carbocycles. The van der Waals surface area contributed by atoms with Crippen LogP contribution in [0.4, 0.5) is 0 Å². The number of aliphatic imine (C=N–C) groups is 1. The van der Waals surface area contributed by atoms with Crippen LogP contribution in [0.2, 0.25) is 0 Å². The van der Waals surface area contributed by atoms with Crippen molar-refractivity contribution in [3.63, 3.8) is 0 Å². The minimum Gasteiger partial charge on any atom is -0.255 e. The Balaban J connectivity index is 2.15. The number of rotatable bonds is 2. The van der Waals surface area contributed by atoms with Crippen molar-refractivity contribution < 1.29 is 0 Å². The SMILES string of the molecule is C1=CC=CC=1N=Cc1ccccn1. The van der Waals surface area contributed by atoms with E-state index in [-0.39, 0.29) is 0 Å². The Kier molecular flexibility index (Phi) is 2.17. The Morgan fingerprint density at radius 2 is 2.38 bits per heavy atom. The van der Waals surface area contributed by atoms with E-state index in [0.717, 1.165) is 11.4 Å². The molecule has 0 radical (unpaired) electrons. The molecule has 1 aromatic heterocycles. The fourth-order valence-electron chi connectivity index (χ4n) is 0.989. The lowest BCUT2D eigenvalue weighted by Crippen LogP contribution is -1.84. The highest BCUT2D eigenvalue weighted by Crippen LogP contribution is 2.02. The van der Waals surface area contributed by atoms with Crippen LogP contribution in [0.3, 0.4) is 0 Å². The van der Waals surface area contributed by atoms with Crippen LogP contribution in [0.5, 0.6) is 0 Å². The molecule has 1 aliphatic carbocycles. The molecule has 2 nitrogen and oxygen atoms in total. The largest absolute Gasteiger partial charge is 0.255 e. The fraction of sp³-hybridized carbons (Fsp3) is 0. The maximum atomic E-state index is 4.19. The summed E-state index contributed by atoms with van der Waals surface area (Å²) in [5.41, 5.74) is 4.68. The van der Waals surface area contributed by atoms with Gasteiger partial charge < -0.3 is 0 Å². The Morgan fingerprint density at radius 3 is 3.08 bits per heavy atom. The van der Waals surface area contributed by atoms with Crippen molar-refractivity contribution in [2.45, 2.75) is 0 Å². The molecule has 0 saturated heterocycles. The molecule has 2 heteroatoms. The Labute approximate surface area is 76.7 Å². The number of hydrogen-bond acceptors (Lipinski definition) is 2. The zero-order chi connectivity index (χ0) is 8.93. The second-order valence-electron chi connectivity index (χ2n) is 2.57. The standard InChI is InChI=1S/C11H8N2/c1-2-6-10(5-1)13-9-11-7-3-4-8-12-11/h1-5,7-9H. The summed E-state index contributed by atoms with van der Waals surface area (Å²) in [6, 6.07) is 5.72. The summed E-state index contributed by atoms with van der Waals surface area (Å²) in [5, 5.41) is 0. The Morgan fingerprint density at radius 1 is 1.38 bits per heavy atom. The quantitative estimate of drug-likeness (QED) is 0.490. The summed E-state index contributed by atoms with van der Waals surface area (Å²) in [4.78, 5) is 8.31. The Bertz CT molecular complexity index is 407. The van der Waals surface area contributed by atoms with Gasteiger partial charge in [0, 0.05) is 6.20 Å². The summed E-state index contributed by atoms with van der Waals surface area (Å²) < 4.78 is 0. The van der Waals surface area contributed by atoms with Crippen molar-refractivity contribution in [1.82, 2.24) is 4.98 Å². The molecule has 1 aromatic rings. The number of pyridine rings is 1. The second kappa shape index (κ2) is 3.65. The topological polar surface area (TPSA) is 25.2 Å². The Hall–Kier alpha value is -1.92. The lowest BCUT2D eigenvalue weighted by Gasteiger charge is -1.88. The summed E-state index contributed by atoms with van der Waals surface area (Å²) in [5.74, 6) is 0. The molecular weight excluding hydrogens is 160 g/mol. The lowest BCUT2D eigenvalue weighted by molar-refractivity contribution is 1.29. The molecule has 13 heavy (non-hydrogen) atoms. The monoisotopic (exact) mass is 168 g/mol. The minimum atomic E-state index is 0.839. The fourth-order valence-corrected chi connectivity index (χ4v) is 0.989. The van der Waals surface area contributed by atoms with Gasteiger partial charge in [-0.05, 0) is 24.3 Å². The molecular formula is C11H8N2. The van der Waals surface area contributed by atoms with Crippen molar-refractivity contribution in [1.29, 1.82) is 0 Å². The molecule has 0 bridgehead atoms. The highest BCUT2D eigenvalue weighted by atomic mass is 14.8. The predicted octanol–water partition coefficient (Wildman–Crippen LogP) is 2.11. The first-order chi connectivity index (χ1) is 6.45. The first-order valence-corrected chi connectivity index (χ1v) is 4.03. The summed E-state index contributed by atoms with van der Waals surface area (Å²) in [6.07, 6.45) is 9.12. The molecule has 0 saturated carbocycles. The van der Waals surface area contributed by atoms with E-state index in [0.29, 0.717) is 0 Å². The van der Waals surface area contributed by atoms with Crippen molar-refractivity contribution in [3.05, 3.63) is 59.7 Å². The van der Waals surface area contributed by atoms with Crippen LogP contribution in [0.1, 0.15) is 5.69 Å². The summed E-state index contributed by atoms with van der Waals surface area (Å²) in [7, 11) is 0. The number of nitrogens with zero attached hydrogens (tertiary/aromatic N) is 2. The van der Waals surface area contributed by atoms with Crippen LogP contribution >= 0.6 is 0 Å². The van der Waals surface area contributed by atoms with Crippen LogP contribution in [0.15, 0.2) is 59.0 Å². The molecule has 1 aliphatic rings. The van der Waals surface area contributed by atoms with Crippen molar-refractivity contribution in [2.24, 2.45) is 4.99 Å². The van der Waals surface area contributed by atoms with Gasteiger partial charge in [0.25, 0.3) is 0 Å². The van der Waals surface area contributed by atoms with Gasteiger partial charge in [0.2, 0.25) is 0 Å². The molecule has 0 atom stereocenters. The van der Waals surface area contributed by atoms with Gasteiger partial charge in [-0.25, -0.2) is 4.99 Å². The molecule has 0 unspecified atom stereocenters. The molecule has 1 heterocycles. The molecule has 0 N–H and O–H groups in total. The first kappa shape index (κ1) is 7.71. The second-order valence-corrected chi connectivity index (χ2v) is 2.57. The maximum absolute atomic E-state index is 4.19. The van der Waals surface area contributed by atoms with Crippen LogP contribution < -0.4 is 0 Å². The zero-order valence-corrected chi connectivity index (χ0v) is 7.01. The highest BCUT2D eigenvalue weighted by Gasteiger charge is 1.89. The maximum Gasteiger partial charge on any atom is 0.105 e. The molecule has 0 aliphatic heterocycles. The summed E-state index contributed by atoms with van der Waals surface area (Å²) >= 11 is 0. The van der Waals surface area contributed by atoms with E-state index < -0.39 is 0 Å². The average molecular weight is 168 g/mol. The van der Waals surface area contributed by atoms with E-state index in [1.165, 1.54) is 0 Å². The van der Waals surface area contributed by atoms with Gasteiger partial charge in [-0.2, -0.15) is 0 Å². The normalized spacial score (nSPS) is 14.0. The van der Waals surface area contributed by atoms with Gasteiger partial charge in [0.15, 0.2) is 0 Å². The zero-order valence-electron chi connectivity index (χ0n) is 7.01. The van der Waals surface area contributed by atoms with E-state index in [9.17, 15) is 0 Å². The van der Waals surface area contributed by atoms with Crippen LogP contribution in [-0.4, -0.2) is 11.2 Å². The third-order valence-corrected chi connectivity index (χ3v) is 1.61. The highest BCUT2D eigenvalue weighted by molar-refractivity contribution is 5.77. The van der Waals surface area contributed by atoms with E-state index in [1.807, 2.05) is 36.4 Å². The van der Waals surface area contributed by atoms with Gasteiger partial charge in [0.05, 0.1) is 11.9 Å². The number of allylic oxidation sites excluding steroid dienone is 2. The van der Waals surface area contributed by atoms with Crippen molar-refractivity contribution in [2.75, 3.05) is 0 Å². The lowest BCUT2D eigenvalue weighted by atomic mass is 10.4. The number of hydrogen-bond donors (Lipinski definition) is 0. The van der Waals surface area contributed by atoms with Crippen molar-refractivity contribution in [3.8, 4) is 0 Å². The van der Waals surface area contributed by atoms with Gasteiger partial charge in [0.1, 0.15) is 5.70 Å². The minimum absolute atomic E-state index is 0.839. The number of aromatic nitrogens is 1. The summed E-state index contributed by atoms with van der Waals surface area (Å²) in [6.45, 7) is 0. The van der Waals surface area contributed by atoms with E-state index >= 15 is 0 Å². The van der Waals surface area contributed by atoms with Crippen molar-refractivity contribution >= 4 is 6.21 Å². The average Bonchev–Trinajstić information content (AvgIpc) is 2.69. The third kappa shape index (κ3) is 2.01. The third-order valence-electron chi connectivity index (χ3n) is 1.61. The molecule has 62 valence electrons. The molecule has 0 amide bonds. The predicted molar refractivity (Wildman–Crippen MR) is 52.6 cm³/mol. The van der Waals surface area contributed by atoms with Crippen LogP contribution in [0.25, 0.3) is 0 Å². The molecule has 0 spiro atoms. The van der Waals surface area contributed by atoms with E-state index in [1.54, 1.807) is 12.4 Å². The molecule has 0 fully saturated rings.